The van der Waals surface area contributed by atoms with Gasteiger partial charge < -0.3 is 14.5 Å². The summed E-state index contributed by atoms with van der Waals surface area (Å²) in [6, 6.07) is 24.4. The first-order chi connectivity index (χ1) is 15.7. The maximum atomic E-state index is 6.29. The highest BCUT2D eigenvalue weighted by atomic mass is 35.5. The minimum Gasteiger partial charge on any atom is -0.495 e. The van der Waals surface area contributed by atoms with Crippen molar-refractivity contribution in [3.8, 4) is 5.75 Å². The number of aromatic nitrogens is 2. The Morgan fingerprint density at radius 2 is 1.56 bits per heavy atom. The van der Waals surface area contributed by atoms with Gasteiger partial charge in [-0.15, -0.1) is 0 Å². The van der Waals surface area contributed by atoms with E-state index in [9.17, 15) is 0 Å². The molecule has 0 amide bonds. The first-order valence-electron chi connectivity index (χ1n) is 10.8. The van der Waals surface area contributed by atoms with Crippen LogP contribution >= 0.6 is 11.6 Å². The summed E-state index contributed by atoms with van der Waals surface area (Å²) in [6.07, 6.45) is 0.692. The molecule has 1 aliphatic rings. The molecule has 32 heavy (non-hydrogen) atoms. The summed E-state index contributed by atoms with van der Waals surface area (Å²) in [6.45, 7) is 3.54. The molecule has 0 atom stereocenters. The molecule has 0 N–H and O–H groups in total. The summed E-state index contributed by atoms with van der Waals surface area (Å²) in [5.74, 6) is 2.71. The predicted octanol–water partition coefficient (Wildman–Crippen LogP) is 5.21. The molecule has 4 aromatic rings. The Morgan fingerprint density at radius 3 is 2.34 bits per heavy atom. The molecular weight excluding hydrogens is 420 g/mol. The van der Waals surface area contributed by atoms with Gasteiger partial charge in [0, 0.05) is 43.0 Å². The van der Waals surface area contributed by atoms with Crippen molar-refractivity contribution in [1.29, 1.82) is 0 Å². The first-order valence-corrected chi connectivity index (χ1v) is 11.2. The van der Waals surface area contributed by atoms with Crippen LogP contribution in [0.25, 0.3) is 10.9 Å². The second kappa shape index (κ2) is 9.05. The van der Waals surface area contributed by atoms with E-state index in [-0.39, 0.29) is 0 Å². The van der Waals surface area contributed by atoms with E-state index in [1.165, 1.54) is 5.56 Å². The molecule has 0 spiro atoms. The third-order valence-electron chi connectivity index (χ3n) is 5.90. The molecule has 1 fully saturated rings. The summed E-state index contributed by atoms with van der Waals surface area (Å²) in [5, 5.41) is 1.73. The lowest BCUT2D eigenvalue weighted by Gasteiger charge is -2.37. The standard InChI is InChI=1S/C26H25ClN4O/c1-32-24-10-6-5-9-23(24)30-13-15-31(16-14-30)26-21-12-11-20(27)18-22(21)28-25(29-26)17-19-7-3-2-4-8-19/h2-12,18H,13-17H2,1H3. The zero-order valence-corrected chi connectivity index (χ0v) is 18.8. The van der Waals surface area contributed by atoms with Gasteiger partial charge in [-0.3, -0.25) is 0 Å². The van der Waals surface area contributed by atoms with Gasteiger partial charge in [0.25, 0.3) is 0 Å². The Labute approximate surface area is 193 Å². The topological polar surface area (TPSA) is 41.5 Å². The van der Waals surface area contributed by atoms with Crippen LogP contribution in [0, 0.1) is 0 Å². The summed E-state index contributed by atoms with van der Waals surface area (Å²) >= 11 is 6.29. The molecule has 1 aliphatic heterocycles. The number of methoxy groups -OCH3 is 1. The van der Waals surface area contributed by atoms with Crippen LogP contribution in [-0.4, -0.2) is 43.3 Å². The van der Waals surface area contributed by atoms with Gasteiger partial charge in [0.15, 0.2) is 0 Å². The largest absolute Gasteiger partial charge is 0.495 e. The molecule has 162 valence electrons. The maximum absolute atomic E-state index is 6.29. The maximum Gasteiger partial charge on any atom is 0.142 e. The number of para-hydroxylation sites is 2. The number of anilines is 2. The van der Waals surface area contributed by atoms with Crippen LogP contribution in [0.2, 0.25) is 5.02 Å². The van der Waals surface area contributed by atoms with Gasteiger partial charge in [-0.05, 0) is 35.9 Å². The lowest BCUT2D eigenvalue weighted by atomic mass is 10.1. The third kappa shape index (κ3) is 4.21. The van der Waals surface area contributed by atoms with Crippen molar-refractivity contribution in [1.82, 2.24) is 9.97 Å². The van der Waals surface area contributed by atoms with Gasteiger partial charge in [0.1, 0.15) is 17.4 Å². The van der Waals surface area contributed by atoms with Crippen molar-refractivity contribution in [2.24, 2.45) is 0 Å². The summed E-state index contributed by atoms with van der Waals surface area (Å²) in [5.41, 5.74) is 3.22. The summed E-state index contributed by atoms with van der Waals surface area (Å²) in [4.78, 5) is 14.6. The van der Waals surface area contributed by atoms with Crippen molar-refractivity contribution >= 4 is 34.0 Å². The van der Waals surface area contributed by atoms with E-state index < -0.39 is 0 Å². The van der Waals surface area contributed by atoms with Crippen molar-refractivity contribution in [2.75, 3.05) is 43.1 Å². The van der Waals surface area contributed by atoms with Crippen molar-refractivity contribution in [2.45, 2.75) is 6.42 Å². The minimum atomic E-state index is 0.689. The van der Waals surface area contributed by atoms with E-state index in [0.29, 0.717) is 11.4 Å². The van der Waals surface area contributed by atoms with Crippen molar-refractivity contribution in [3.05, 3.63) is 89.2 Å². The summed E-state index contributed by atoms with van der Waals surface area (Å²) < 4.78 is 5.56. The number of ether oxygens (including phenoxy) is 1. The smallest absolute Gasteiger partial charge is 0.142 e. The molecule has 3 aromatic carbocycles. The van der Waals surface area contributed by atoms with Crippen molar-refractivity contribution < 1.29 is 4.74 Å². The Kier molecular flexibility index (Phi) is 5.82. The Bertz CT molecular complexity index is 1220. The molecular formula is C26H25ClN4O. The molecule has 5 rings (SSSR count). The number of benzene rings is 3. The Balaban J connectivity index is 1.44. The fourth-order valence-corrected chi connectivity index (χ4v) is 4.45. The second-order valence-corrected chi connectivity index (χ2v) is 8.37. The van der Waals surface area contributed by atoms with E-state index >= 15 is 0 Å². The Morgan fingerprint density at radius 1 is 0.844 bits per heavy atom. The summed E-state index contributed by atoms with van der Waals surface area (Å²) in [7, 11) is 1.72. The predicted molar refractivity (Wildman–Crippen MR) is 131 cm³/mol. The minimum absolute atomic E-state index is 0.689. The third-order valence-corrected chi connectivity index (χ3v) is 6.13. The zero-order chi connectivity index (χ0) is 21.9. The zero-order valence-electron chi connectivity index (χ0n) is 18.0. The number of rotatable bonds is 5. The highest BCUT2D eigenvalue weighted by molar-refractivity contribution is 6.31. The average molecular weight is 445 g/mol. The molecule has 1 saturated heterocycles. The number of halogens is 1. The molecule has 0 bridgehead atoms. The molecule has 2 heterocycles. The van der Waals surface area contributed by atoms with Crippen LogP contribution < -0.4 is 14.5 Å². The SMILES string of the molecule is COc1ccccc1N1CCN(c2nc(Cc3ccccc3)nc3cc(Cl)ccc23)CC1. The number of piperazine rings is 1. The van der Waals surface area contributed by atoms with Crippen LogP contribution in [0.4, 0.5) is 11.5 Å². The van der Waals surface area contributed by atoms with Crippen molar-refractivity contribution in [3.63, 3.8) is 0 Å². The lowest BCUT2D eigenvalue weighted by Crippen LogP contribution is -2.47. The van der Waals surface area contributed by atoms with Crippen LogP contribution in [0.3, 0.4) is 0 Å². The average Bonchev–Trinajstić information content (AvgIpc) is 2.84. The van der Waals surface area contributed by atoms with Crippen LogP contribution in [0.15, 0.2) is 72.8 Å². The van der Waals surface area contributed by atoms with E-state index in [4.69, 9.17) is 26.3 Å². The molecule has 5 nitrogen and oxygen atoms in total. The van der Waals surface area contributed by atoms with Gasteiger partial charge in [-0.1, -0.05) is 54.1 Å². The first kappa shape index (κ1) is 20.6. The highest BCUT2D eigenvalue weighted by Gasteiger charge is 2.23. The number of fused-ring (bicyclic) bond motifs is 1. The van der Waals surface area contributed by atoms with Gasteiger partial charge in [-0.2, -0.15) is 0 Å². The van der Waals surface area contributed by atoms with Gasteiger partial charge in [0.05, 0.1) is 18.3 Å². The van der Waals surface area contributed by atoms with Gasteiger partial charge in [-0.25, -0.2) is 9.97 Å². The van der Waals surface area contributed by atoms with Crippen LogP contribution in [0.5, 0.6) is 5.75 Å². The van der Waals surface area contributed by atoms with E-state index in [2.05, 4.69) is 34.1 Å². The number of hydrogen-bond donors (Lipinski definition) is 0. The molecule has 6 heteroatoms. The fraction of sp³-hybridized carbons (Fsp3) is 0.231. The fourth-order valence-electron chi connectivity index (χ4n) is 4.28. The lowest BCUT2D eigenvalue weighted by molar-refractivity contribution is 0.413. The molecule has 0 saturated carbocycles. The quantitative estimate of drug-likeness (QED) is 0.422. The number of hydrogen-bond acceptors (Lipinski definition) is 5. The Hall–Kier alpha value is -3.31. The highest BCUT2D eigenvalue weighted by Crippen LogP contribution is 2.31. The monoisotopic (exact) mass is 444 g/mol. The molecule has 1 aromatic heterocycles. The number of nitrogens with zero attached hydrogens (tertiary/aromatic N) is 4. The normalized spacial score (nSPS) is 14.1. The van der Waals surface area contributed by atoms with Crippen LogP contribution in [0.1, 0.15) is 11.4 Å². The molecule has 0 unspecified atom stereocenters. The van der Waals surface area contributed by atoms with E-state index in [0.717, 1.165) is 60.2 Å². The van der Waals surface area contributed by atoms with Gasteiger partial charge >= 0.3 is 0 Å². The van der Waals surface area contributed by atoms with Crippen LogP contribution in [-0.2, 0) is 6.42 Å². The molecule has 0 radical (unpaired) electrons. The van der Waals surface area contributed by atoms with E-state index in [1.54, 1.807) is 7.11 Å². The second-order valence-electron chi connectivity index (χ2n) is 7.93. The van der Waals surface area contributed by atoms with Gasteiger partial charge in [0.2, 0.25) is 0 Å². The van der Waals surface area contributed by atoms with E-state index in [1.807, 2.05) is 48.5 Å². The molecule has 0 aliphatic carbocycles.